The summed E-state index contributed by atoms with van der Waals surface area (Å²) in [5.74, 6) is 0. The van der Waals surface area contributed by atoms with Crippen molar-refractivity contribution in [1.29, 1.82) is 0 Å². The summed E-state index contributed by atoms with van der Waals surface area (Å²) in [6.45, 7) is 3.88. The molecular formula is C21H19ClN4O4S. The van der Waals surface area contributed by atoms with E-state index in [4.69, 9.17) is 11.6 Å². The van der Waals surface area contributed by atoms with Gasteiger partial charge < -0.3 is 0 Å². The van der Waals surface area contributed by atoms with Crippen molar-refractivity contribution in [2.45, 2.75) is 18.7 Å². The number of anilines is 2. The van der Waals surface area contributed by atoms with Gasteiger partial charge in [-0.1, -0.05) is 47.5 Å². The number of hydrogen-bond donors (Lipinski definition) is 2. The van der Waals surface area contributed by atoms with Crippen LogP contribution in [-0.2, 0) is 10.0 Å². The summed E-state index contributed by atoms with van der Waals surface area (Å²) in [4.78, 5) is 10.2. The van der Waals surface area contributed by atoms with Gasteiger partial charge in [-0.05, 0) is 43.2 Å². The van der Waals surface area contributed by atoms with Crippen LogP contribution in [0.4, 0.5) is 17.1 Å². The number of para-hydroxylation sites is 1. The van der Waals surface area contributed by atoms with Crippen LogP contribution in [0.3, 0.4) is 0 Å². The number of nitrogens with one attached hydrogen (secondary N) is 2. The Kier molecular flexibility index (Phi) is 6.57. The second-order valence-electron chi connectivity index (χ2n) is 6.75. The third kappa shape index (κ3) is 5.39. The van der Waals surface area contributed by atoms with Crippen LogP contribution in [0.1, 0.15) is 16.7 Å². The molecule has 0 heterocycles. The molecule has 0 fully saturated rings. The summed E-state index contributed by atoms with van der Waals surface area (Å²) in [5.41, 5.74) is 5.43. The molecule has 0 aromatic heterocycles. The molecule has 3 aromatic rings. The Morgan fingerprint density at radius 3 is 2.48 bits per heavy atom. The first kappa shape index (κ1) is 22.3. The molecule has 3 rings (SSSR count). The average Bonchev–Trinajstić information content (AvgIpc) is 2.72. The average molecular weight is 459 g/mol. The molecule has 8 nitrogen and oxygen atoms in total. The Bertz CT molecular complexity index is 1280. The molecule has 0 aliphatic heterocycles. The van der Waals surface area contributed by atoms with Crippen LogP contribution in [-0.4, -0.2) is 19.6 Å². The maximum atomic E-state index is 13.0. The maximum Gasteiger partial charge on any atom is 0.270 e. The highest BCUT2D eigenvalue weighted by Gasteiger charge is 2.23. The lowest BCUT2D eigenvalue weighted by atomic mass is 10.1. The van der Waals surface area contributed by atoms with Crippen molar-refractivity contribution in [1.82, 2.24) is 0 Å². The van der Waals surface area contributed by atoms with E-state index in [1.807, 2.05) is 32.0 Å². The number of hydrogen-bond acceptors (Lipinski definition) is 6. The molecule has 0 aliphatic rings. The third-order valence-electron chi connectivity index (χ3n) is 4.41. The number of aryl methyl sites for hydroxylation is 2. The highest BCUT2D eigenvalue weighted by molar-refractivity contribution is 7.93. The summed E-state index contributed by atoms with van der Waals surface area (Å²) in [6.07, 6.45) is 1.56. The molecule has 0 bridgehead atoms. The highest BCUT2D eigenvalue weighted by Crippen LogP contribution is 2.30. The molecule has 0 amide bonds. The highest BCUT2D eigenvalue weighted by atomic mass is 35.5. The predicted octanol–water partition coefficient (Wildman–Crippen LogP) is 5.11. The van der Waals surface area contributed by atoms with E-state index in [1.165, 1.54) is 24.3 Å². The Labute approximate surface area is 184 Å². The first-order chi connectivity index (χ1) is 14.7. The summed E-state index contributed by atoms with van der Waals surface area (Å²) >= 11 is 6.04. The summed E-state index contributed by atoms with van der Waals surface area (Å²) < 4.78 is 28.4. The van der Waals surface area contributed by atoms with Crippen molar-refractivity contribution in [3.05, 3.63) is 92.5 Å². The van der Waals surface area contributed by atoms with Crippen LogP contribution in [0, 0.1) is 24.0 Å². The SMILES string of the molecule is Cc1ccc(C)c(C=NNc2ccc([N+](=O)[O-])cc2S(=O)(=O)Nc2ccccc2Cl)c1. The van der Waals surface area contributed by atoms with Gasteiger partial charge in [0.1, 0.15) is 4.90 Å². The van der Waals surface area contributed by atoms with E-state index in [-0.39, 0.29) is 27.0 Å². The number of nitro benzene ring substituents is 1. The fraction of sp³-hybridized carbons (Fsp3) is 0.0952. The van der Waals surface area contributed by atoms with Gasteiger partial charge >= 0.3 is 0 Å². The topological polar surface area (TPSA) is 114 Å². The molecule has 2 N–H and O–H groups in total. The number of nitrogens with zero attached hydrogens (tertiary/aromatic N) is 2. The standard InChI is InChI=1S/C21H19ClN4O4S/c1-14-7-8-15(2)16(11-14)13-23-24-20-10-9-17(26(27)28)12-21(20)31(29,30)25-19-6-4-3-5-18(19)22/h3-13,24-25H,1-2H3. The van der Waals surface area contributed by atoms with Gasteiger partial charge in [0.25, 0.3) is 15.7 Å². The molecule has 31 heavy (non-hydrogen) atoms. The van der Waals surface area contributed by atoms with Crippen molar-refractivity contribution in [2.75, 3.05) is 10.1 Å². The number of rotatable bonds is 7. The van der Waals surface area contributed by atoms with Gasteiger partial charge in [0.2, 0.25) is 0 Å². The normalized spacial score (nSPS) is 11.5. The monoisotopic (exact) mass is 458 g/mol. The van der Waals surface area contributed by atoms with Crippen LogP contribution in [0.15, 0.2) is 70.7 Å². The molecule has 10 heteroatoms. The molecule has 3 aromatic carbocycles. The first-order valence-electron chi connectivity index (χ1n) is 9.09. The van der Waals surface area contributed by atoms with Crippen LogP contribution < -0.4 is 10.1 Å². The molecule has 0 saturated heterocycles. The van der Waals surface area contributed by atoms with E-state index in [0.29, 0.717) is 0 Å². The first-order valence-corrected chi connectivity index (χ1v) is 11.0. The van der Waals surface area contributed by atoms with Gasteiger partial charge in [-0.15, -0.1) is 0 Å². The van der Waals surface area contributed by atoms with Crippen LogP contribution >= 0.6 is 11.6 Å². The molecular weight excluding hydrogens is 440 g/mol. The molecule has 0 radical (unpaired) electrons. The van der Waals surface area contributed by atoms with Gasteiger partial charge in [-0.25, -0.2) is 8.42 Å². The van der Waals surface area contributed by atoms with Crippen LogP contribution in [0.2, 0.25) is 5.02 Å². The number of halogens is 1. The summed E-state index contributed by atoms with van der Waals surface area (Å²) in [6, 6.07) is 15.6. The largest absolute Gasteiger partial charge is 0.278 e. The Hall–Kier alpha value is -3.43. The van der Waals surface area contributed by atoms with E-state index < -0.39 is 14.9 Å². The van der Waals surface area contributed by atoms with E-state index in [1.54, 1.807) is 18.3 Å². The Morgan fingerprint density at radius 1 is 1.03 bits per heavy atom. The van der Waals surface area contributed by atoms with Gasteiger partial charge in [-0.2, -0.15) is 5.10 Å². The number of hydrazone groups is 1. The molecule has 0 aliphatic carbocycles. The Balaban J connectivity index is 1.97. The quantitative estimate of drug-likeness (QED) is 0.290. The van der Waals surface area contributed by atoms with Gasteiger partial charge in [0, 0.05) is 12.1 Å². The number of sulfonamides is 1. The number of nitro groups is 1. The maximum absolute atomic E-state index is 13.0. The minimum absolute atomic E-state index is 0.0757. The van der Waals surface area contributed by atoms with Gasteiger partial charge in [-0.3, -0.25) is 20.3 Å². The second kappa shape index (κ2) is 9.15. The van der Waals surface area contributed by atoms with Crippen molar-refractivity contribution in [3.63, 3.8) is 0 Å². The lowest BCUT2D eigenvalue weighted by Crippen LogP contribution is -2.15. The second-order valence-corrected chi connectivity index (χ2v) is 8.81. The fourth-order valence-electron chi connectivity index (χ4n) is 2.75. The molecule has 0 atom stereocenters. The van der Waals surface area contributed by atoms with Crippen molar-refractivity contribution < 1.29 is 13.3 Å². The van der Waals surface area contributed by atoms with Crippen molar-refractivity contribution in [2.24, 2.45) is 5.10 Å². The van der Waals surface area contributed by atoms with Crippen molar-refractivity contribution in [3.8, 4) is 0 Å². The fourth-order valence-corrected chi connectivity index (χ4v) is 4.25. The van der Waals surface area contributed by atoms with E-state index in [0.717, 1.165) is 22.8 Å². The summed E-state index contributed by atoms with van der Waals surface area (Å²) in [5, 5.41) is 15.5. The lowest BCUT2D eigenvalue weighted by molar-refractivity contribution is -0.385. The zero-order valence-corrected chi connectivity index (χ0v) is 18.2. The van der Waals surface area contributed by atoms with Crippen LogP contribution in [0.5, 0.6) is 0 Å². The molecule has 160 valence electrons. The van der Waals surface area contributed by atoms with Gasteiger partial charge in [0.05, 0.1) is 27.5 Å². The van der Waals surface area contributed by atoms with Crippen LogP contribution in [0.25, 0.3) is 0 Å². The smallest absolute Gasteiger partial charge is 0.270 e. The summed E-state index contributed by atoms with van der Waals surface area (Å²) in [7, 11) is -4.21. The minimum atomic E-state index is -4.21. The van der Waals surface area contributed by atoms with E-state index in [2.05, 4.69) is 15.2 Å². The molecule has 0 saturated carbocycles. The minimum Gasteiger partial charge on any atom is -0.278 e. The number of non-ortho nitro benzene ring substituents is 1. The zero-order valence-electron chi connectivity index (χ0n) is 16.7. The number of benzene rings is 3. The lowest BCUT2D eigenvalue weighted by Gasteiger charge is -2.13. The molecule has 0 unspecified atom stereocenters. The zero-order chi connectivity index (χ0) is 22.6. The van der Waals surface area contributed by atoms with Gasteiger partial charge in [0.15, 0.2) is 0 Å². The van der Waals surface area contributed by atoms with Crippen molar-refractivity contribution >= 4 is 44.9 Å². The predicted molar refractivity (Wildman–Crippen MR) is 122 cm³/mol. The molecule has 0 spiro atoms. The van der Waals surface area contributed by atoms with E-state index >= 15 is 0 Å². The Morgan fingerprint density at radius 2 is 1.77 bits per heavy atom. The van der Waals surface area contributed by atoms with E-state index in [9.17, 15) is 18.5 Å². The third-order valence-corrected chi connectivity index (χ3v) is 6.14.